The fraction of sp³-hybridized carbons (Fsp3) is 0.464. The van der Waals surface area contributed by atoms with Gasteiger partial charge in [-0.3, -0.25) is 9.59 Å². The van der Waals surface area contributed by atoms with E-state index in [1.807, 2.05) is 24.3 Å². The zero-order chi connectivity index (χ0) is 24.4. The molecule has 2 atom stereocenters. The fourth-order valence-corrected chi connectivity index (χ4v) is 5.87. The molecule has 3 aliphatic rings. The van der Waals surface area contributed by atoms with E-state index in [1.54, 1.807) is 0 Å². The predicted molar refractivity (Wildman–Crippen MR) is 131 cm³/mol. The van der Waals surface area contributed by atoms with E-state index in [0.717, 1.165) is 30.4 Å². The Bertz CT molecular complexity index is 1080. The van der Waals surface area contributed by atoms with Crippen molar-refractivity contribution in [1.82, 2.24) is 10.6 Å². The predicted octanol–water partition coefficient (Wildman–Crippen LogP) is 4.46. The van der Waals surface area contributed by atoms with E-state index in [-0.39, 0.29) is 36.9 Å². The zero-order valence-corrected chi connectivity index (χ0v) is 19.8. The minimum atomic E-state index is -0.846. The van der Waals surface area contributed by atoms with Crippen molar-refractivity contribution in [2.75, 3.05) is 13.2 Å². The van der Waals surface area contributed by atoms with Gasteiger partial charge in [-0.15, -0.1) is 0 Å². The lowest BCUT2D eigenvalue weighted by molar-refractivity contribution is -0.154. The lowest BCUT2D eigenvalue weighted by Crippen LogP contribution is -2.52. The van der Waals surface area contributed by atoms with Gasteiger partial charge in [0, 0.05) is 18.5 Å². The summed E-state index contributed by atoms with van der Waals surface area (Å²) in [5.74, 6) is -1.43. The van der Waals surface area contributed by atoms with Gasteiger partial charge in [-0.2, -0.15) is 0 Å². The van der Waals surface area contributed by atoms with Gasteiger partial charge in [0.25, 0.3) is 0 Å². The molecule has 0 aliphatic heterocycles. The Balaban J connectivity index is 1.19. The molecule has 7 heteroatoms. The SMILES string of the molecule is O=C(N[C@H]1CCCC[C@H]1C(=O)NCC1(C(=O)O)CCC1)OCC1c2ccccc2-c2ccccc21. The highest BCUT2D eigenvalue weighted by atomic mass is 16.5. The standard InChI is InChI=1S/C28H32N2O5/c31-25(29-17-28(26(32)33)14-7-15-28)22-12-5-6-13-24(22)30-27(34)35-16-23-20-10-3-1-8-18(20)19-9-2-4-11-21(19)23/h1-4,8-11,22-24H,5-7,12-17H2,(H,29,31)(H,30,34)(H,32,33)/t22-,24+/m1/s1. The molecule has 0 radical (unpaired) electrons. The summed E-state index contributed by atoms with van der Waals surface area (Å²) in [6.45, 7) is 0.375. The molecule has 0 heterocycles. The molecule has 35 heavy (non-hydrogen) atoms. The van der Waals surface area contributed by atoms with E-state index in [9.17, 15) is 19.5 Å². The number of hydrogen-bond donors (Lipinski definition) is 3. The maximum atomic E-state index is 12.9. The van der Waals surface area contributed by atoms with Gasteiger partial charge < -0.3 is 20.5 Å². The summed E-state index contributed by atoms with van der Waals surface area (Å²) in [4.78, 5) is 37.3. The van der Waals surface area contributed by atoms with Crippen LogP contribution in [0.25, 0.3) is 11.1 Å². The first kappa shape index (κ1) is 23.4. The van der Waals surface area contributed by atoms with Crippen LogP contribution in [0.1, 0.15) is 62.0 Å². The van der Waals surface area contributed by atoms with Gasteiger partial charge in [0.05, 0.1) is 11.3 Å². The summed E-state index contributed by atoms with van der Waals surface area (Å²) in [5.41, 5.74) is 3.82. The van der Waals surface area contributed by atoms with Gasteiger partial charge in [-0.1, -0.05) is 67.8 Å². The van der Waals surface area contributed by atoms with Crippen LogP contribution in [0.2, 0.25) is 0 Å². The van der Waals surface area contributed by atoms with E-state index < -0.39 is 17.5 Å². The molecule has 2 saturated carbocycles. The third-order valence-electron chi connectivity index (χ3n) is 8.11. The van der Waals surface area contributed by atoms with Crippen molar-refractivity contribution in [3.8, 4) is 11.1 Å². The molecule has 5 rings (SSSR count). The number of carboxylic acids is 1. The number of carbonyl (C=O) groups is 3. The second-order valence-corrected chi connectivity index (χ2v) is 10.1. The van der Waals surface area contributed by atoms with E-state index in [1.165, 1.54) is 11.1 Å². The van der Waals surface area contributed by atoms with Gasteiger partial charge in [0.15, 0.2) is 0 Å². The summed E-state index contributed by atoms with van der Waals surface area (Å²) >= 11 is 0. The van der Waals surface area contributed by atoms with Crippen LogP contribution in [0.4, 0.5) is 4.79 Å². The number of ether oxygens (including phenoxy) is 1. The first-order chi connectivity index (χ1) is 17.0. The first-order valence-corrected chi connectivity index (χ1v) is 12.6. The van der Waals surface area contributed by atoms with E-state index in [4.69, 9.17) is 4.74 Å². The Morgan fingerprint density at radius 1 is 0.914 bits per heavy atom. The molecule has 0 bridgehead atoms. The van der Waals surface area contributed by atoms with Gasteiger partial charge in [0.1, 0.15) is 6.61 Å². The third-order valence-corrected chi connectivity index (χ3v) is 8.11. The Labute approximate surface area is 205 Å². The smallest absolute Gasteiger partial charge is 0.407 e. The average Bonchev–Trinajstić information content (AvgIpc) is 3.16. The van der Waals surface area contributed by atoms with Gasteiger partial charge in [-0.05, 0) is 47.9 Å². The lowest BCUT2D eigenvalue weighted by Gasteiger charge is -2.38. The molecule has 184 valence electrons. The zero-order valence-electron chi connectivity index (χ0n) is 19.8. The molecular formula is C28H32N2O5. The van der Waals surface area contributed by atoms with Crippen molar-refractivity contribution in [3.63, 3.8) is 0 Å². The number of aliphatic carboxylic acids is 1. The largest absolute Gasteiger partial charge is 0.481 e. The summed E-state index contributed by atoms with van der Waals surface area (Å²) in [6.07, 6.45) is 4.74. The number of rotatable bonds is 7. The maximum Gasteiger partial charge on any atom is 0.407 e. The average molecular weight is 477 g/mol. The monoisotopic (exact) mass is 476 g/mol. The Morgan fingerprint density at radius 2 is 1.54 bits per heavy atom. The molecule has 0 spiro atoms. The van der Waals surface area contributed by atoms with Crippen molar-refractivity contribution >= 4 is 18.0 Å². The second kappa shape index (κ2) is 9.72. The van der Waals surface area contributed by atoms with Gasteiger partial charge in [0.2, 0.25) is 5.91 Å². The molecule has 2 amide bonds. The van der Waals surface area contributed by atoms with Crippen LogP contribution in [0.15, 0.2) is 48.5 Å². The van der Waals surface area contributed by atoms with Gasteiger partial charge >= 0.3 is 12.1 Å². The quantitative estimate of drug-likeness (QED) is 0.547. The van der Waals surface area contributed by atoms with Crippen LogP contribution in [-0.2, 0) is 14.3 Å². The van der Waals surface area contributed by atoms with E-state index in [0.29, 0.717) is 25.7 Å². The Hall–Kier alpha value is -3.35. The van der Waals surface area contributed by atoms with E-state index in [2.05, 4.69) is 34.9 Å². The normalized spacial score (nSPS) is 22.3. The third kappa shape index (κ3) is 4.51. The highest BCUT2D eigenvalue weighted by Crippen LogP contribution is 2.44. The molecule has 0 unspecified atom stereocenters. The minimum absolute atomic E-state index is 0.0201. The lowest BCUT2D eigenvalue weighted by atomic mass is 9.68. The van der Waals surface area contributed by atoms with Gasteiger partial charge in [-0.25, -0.2) is 4.79 Å². The number of benzene rings is 2. The summed E-state index contributed by atoms with van der Waals surface area (Å²) in [7, 11) is 0. The minimum Gasteiger partial charge on any atom is -0.481 e. The summed E-state index contributed by atoms with van der Waals surface area (Å²) < 4.78 is 5.68. The fourth-order valence-electron chi connectivity index (χ4n) is 5.87. The molecule has 2 aromatic carbocycles. The summed E-state index contributed by atoms with van der Waals surface area (Å²) in [5, 5.41) is 15.3. The number of carboxylic acid groups (broad SMARTS) is 1. The van der Waals surface area contributed by atoms with Crippen molar-refractivity contribution in [3.05, 3.63) is 59.7 Å². The molecule has 0 aromatic heterocycles. The number of carbonyl (C=O) groups excluding carboxylic acids is 2. The number of fused-ring (bicyclic) bond motifs is 3. The molecule has 3 aliphatic carbocycles. The second-order valence-electron chi connectivity index (χ2n) is 10.1. The number of amides is 2. The molecule has 2 aromatic rings. The number of nitrogens with one attached hydrogen (secondary N) is 2. The Morgan fingerprint density at radius 3 is 2.14 bits per heavy atom. The molecule has 0 saturated heterocycles. The Kier molecular flexibility index (Phi) is 6.50. The molecule has 7 nitrogen and oxygen atoms in total. The molecule has 3 N–H and O–H groups in total. The number of alkyl carbamates (subject to hydrolysis) is 1. The van der Waals surface area contributed by atoms with Crippen LogP contribution in [-0.4, -0.2) is 42.3 Å². The van der Waals surface area contributed by atoms with Crippen molar-refractivity contribution in [2.45, 2.75) is 56.9 Å². The maximum absolute atomic E-state index is 12.9. The van der Waals surface area contributed by atoms with Crippen LogP contribution in [0.3, 0.4) is 0 Å². The molecular weight excluding hydrogens is 444 g/mol. The van der Waals surface area contributed by atoms with E-state index >= 15 is 0 Å². The molecule has 2 fully saturated rings. The summed E-state index contributed by atoms with van der Waals surface area (Å²) in [6, 6.07) is 16.1. The van der Waals surface area contributed by atoms with Crippen LogP contribution < -0.4 is 10.6 Å². The van der Waals surface area contributed by atoms with Crippen LogP contribution >= 0.6 is 0 Å². The van der Waals surface area contributed by atoms with Crippen molar-refractivity contribution < 1.29 is 24.2 Å². The topological polar surface area (TPSA) is 105 Å². The van der Waals surface area contributed by atoms with Crippen molar-refractivity contribution in [1.29, 1.82) is 0 Å². The first-order valence-electron chi connectivity index (χ1n) is 12.6. The van der Waals surface area contributed by atoms with Crippen molar-refractivity contribution in [2.24, 2.45) is 11.3 Å². The van der Waals surface area contributed by atoms with Crippen LogP contribution in [0.5, 0.6) is 0 Å². The highest BCUT2D eigenvalue weighted by Gasteiger charge is 2.45. The highest BCUT2D eigenvalue weighted by molar-refractivity contribution is 5.82. The van der Waals surface area contributed by atoms with Crippen LogP contribution in [0, 0.1) is 11.3 Å². The number of hydrogen-bond acceptors (Lipinski definition) is 4.